The number of nitro benzene ring substituents is 1. The molecule has 2 heterocycles. The summed E-state index contributed by atoms with van der Waals surface area (Å²) in [6.45, 7) is 2.28. The molecule has 1 unspecified atom stereocenters. The molecule has 1 aromatic carbocycles. The Labute approximate surface area is 166 Å². The molecule has 0 spiro atoms. The smallest absolute Gasteiger partial charge is 0.289 e. The summed E-state index contributed by atoms with van der Waals surface area (Å²) < 4.78 is 0. The van der Waals surface area contributed by atoms with E-state index in [0.29, 0.717) is 12.2 Å². The largest absolute Gasteiger partial charge is 0.340 e. The number of rotatable bonds is 5. The van der Waals surface area contributed by atoms with Gasteiger partial charge in [-0.05, 0) is 31.5 Å². The molecule has 0 radical (unpaired) electrons. The van der Waals surface area contributed by atoms with Crippen LogP contribution >= 0.6 is 23.4 Å². The van der Waals surface area contributed by atoms with Crippen LogP contribution in [0.2, 0.25) is 5.02 Å². The third-order valence-electron chi connectivity index (χ3n) is 4.74. The summed E-state index contributed by atoms with van der Waals surface area (Å²) in [7, 11) is 0. The molecule has 1 aromatic rings. The molecule has 2 amide bonds. The van der Waals surface area contributed by atoms with Gasteiger partial charge in [-0.25, -0.2) is 0 Å². The number of carbonyl (C=O) groups excluding carboxylic acids is 2. The van der Waals surface area contributed by atoms with E-state index in [4.69, 9.17) is 11.6 Å². The lowest BCUT2D eigenvalue weighted by Gasteiger charge is -2.32. The molecular formula is C17H21ClN4O4S. The summed E-state index contributed by atoms with van der Waals surface area (Å²) in [5.74, 6) is 1.70. The van der Waals surface area contributed by atoms with Crippen molar-refractivity contribution >= 4 is 46.6 Å². The lowest BCUT2D eigenvalue weighted by atomic mass is 10.2. The van der Waals surface area contributed by atoms with Crippen molar-refractivity contribution in [3.8, 4) is 0 Å². The summed E-state index contributed by atoms with van der Waals surface area (Å²) >= 11 is 7.63. The zero-order valence-corrected chi connectivity index (χ0v) is 16.3. The molecule has 0 saturated carbocycles. The summed E-state index contributed by atoms with van der Waals surface area (Å²) in [5.41, 5.74) is 0.0536. The third kappa shape index (κ3) is 4.91. The van der Waals surface area contributed by atoms with Gasteiger partial charge in [0.1, 0.15) is 5.02 Å². The number of nitro groups is 1. The van der Waals surface area contributed by atoms with Crippen LogP contribution in [0.1, 0.15) is 12.8 Å². The SMILES string of the molecule is O=C(CN1CCCC1C(=O)N1CCSCC1)Nc1ccc(Cl)c([N+](=O)[O-])c1. The summed E-state index contributed by atoms with van der Waals surface area (Å²) in [5, 5.41) is 13.6. The highest BCUT2D eigenvalue weighted by Crippen LogP contribution is 2.27. The van der Waals surface area contributed by atoms with Crippen LogP contribution in [-0.2, 0) is 9.59 Å². The van der Waals surface area contributed by atoms with Crippen LogP contribution in [-0.4, -0.2) is 70.3 Å². The molecule has 2 aliphatic rings. The van der Waals surface area contributed by atoms with E-state index < -0.39 is 4.92 Å². The van der Waals surface area contributed by atoms with E-state index in [1.54, 1.807) is 0 Å². The Bertz CT molecular complexity index is 742. The number of likely N-dealkylation sites (tertiary alicyclic amines) is 1. The average Bonchev–Trinajstić information content (AvgIpc) is 3.11. The molecule has 146 valence electrons. The van der Waals surface area contributed by atoms with E-state index in [9.17, 15) is 19.7 Å². The topological polar surface area (TPSA) is 95.8 Å². The van der Waals surface area contributed by atoms with Gasteiger partial charge in [0.15, 0.2) is 0 Å². The maximum absolute atomic E-state index is 12.8. The second-order valence-corrected chi connectivity index (χ2v) is 8.17. The zero-order chi connectivity index (χ0) is 19.4. The Morgan fingerprint density at radius 1 is 1.30 bits per heavy atom. The second kappa shape index (κ2) is 8.90. The summed E-state index contributed by atoms with van der Waals surface area (Å²) in [6.07, 6.45) is 1.63. The van der Waals surface area contributed by atoms with Crippen LogP contribution in [0, 0.1) is 10.1 Å². The highest BCUT2D eigenvalue weighted by Gasteiger charge is 2.35. The first-order valence-corrected chi connectivity index (χ1v) is 10.3. The average molecular weight is 413 g/mol. The van der Waals surface area contributed by atoms with E-state index in [2.05, 4.69) is 5.32 Å². The number of thioether (sulfide) groups is 1. The molecular weight excluding hydrogens is 392 g/mol. The van der Waals surface area contributed by atoms with Crippen LogP contribution in [0.5, 0.6) is 0 Å². The fourth-order valence-electron chi connectivity index (χ4n) is 3.40. The lowest BCUT2D eigenvalue weighted by molar-refractivity contribution is -0.384. The van der Waals surface area contributed by atoms with Crippen LogP contribution in [0.4, 0.5) is 11.4 Å². The van der Waals surface area contributed by atoms with Crippen LogP contribution < -0.4 is 5.32 Å². The summed E-state index contributed by atoms with van der Waals surface area (Å²) in [4.78, 5) is 39.3. The molecule has 0 aliphatic carbocycles. The van der Waals surface area contributed by atoms with Gasteiger partial charge in [0.2, 0.25) is 11.8 Å². The molecule has 1 atom stereocenters. The minimum absolute atomic E-state index is 0.0166. The molecule has 8 nitrogen and oxygen atoms in total. The first kappa shape index (κ1) is 19.9. The van der Waals surface area contributed by atoms with E-state index >= 15 is 0 Å². The van der Waals surface area contributed by atoms with Crippen molar-refractivity contribution < 1.29 is 14.5 Å². The predicted octanol–water partition coefficient (Wildman–Crippen LogP) is 2.23. The van der Waals surface area contributed by atoms with E-state index in [1.165, 1.54) is 18.2 Å². The molecule has 10 heteroatoms. The standard InChI is InChI=1S/C17H21ClN4O4S/c18-13-4-3-12(10-15(13)22(25)26)19-16(23)11-21-5-1-2-14(21)17(24)20-6-8-27-9-7-20/h3-4,10,14H,1-2,5-9,11H2,(H,19,23). The van der Waals surface area contributed by atoms with Gasteiger partial charge in [-0.2, -0.15) is 11.8 Å². The Morgan fingerprint density at radius 2 is 2.04 bits per heavy atom. The number of nitrogens with one attached hydrogen (secondary N) is 1. The molecule has 3 rings (SSSR count). The number of halogens is 1. The van der Waals surface area contributed by atoms with E-state index in [-0.39, 0.29) is 35.1 Å². The van der Waals surface area contributed by atoms with Crippen molar-refractivity contribution in [1.82, 2.24) is 9.80 Å². The maximum atomic E-state index is 12.8. The zero-order valence-electron chi connectivity index (χ0n) is 14.7. The van der Waals surface area contributed by atoms with Crippen molar-refractivity contribution in [1.29, 1.82) is 0 Å². The fraction of sp³-hybridized carbons (Fsp3) is 0.529. The van der Waals surface area contributed by atoms with Crippen LogP contribution in [0.25, 0.3) is 0 Å². The fourth-order valence-corrected chi connectivity index (χ4v) is 4.49. The number of benzene rings is 1. The van der Waals surface area contributed by atoms with Gasteiger partial charge >= 0.3 is 0 Å². The molecule has 2 aliphatic heterocycles. The van der Waals surface area contributed by atoms with Gasteiger partial charge in [-0.1, -0.05) is 11.6 Å². The van der Waals surface area contributed by atoms with Crippen molar-refractivity contribution in [2.75, 3.05) is 43.0 Å². The second-order valence-electron chi connectivity index (χ2n) is 6.54. The molecule has 0 aromatic heterocycles. The molecule has 2 fully saturated rings. The van der Waals surface area contributed by atoms with Gasteiger partial charge in [-0.15, -0.1) is 0 Å². The number of anilines is 1. The first-order chi connectivity index (χ1) is 13.0. The van der Waals surface area contributed by atoms with Crippen molar-refractivity contribution in [2.45, 2.75) is 18.9 Å². The number of hydrogen-bond acceptors (Lipinski definition) is 6. The lowest BCUT2D eigenvalue weighted by Crippen LogP contribution is -2.49. The normalized spacial score (nSPS) is 20.5. The maximum Gasteiger partial charge on any atom is 0.289 e. The van der Waals surface area contributed by atoms with Crippen molar-refractivity contribution in [3.05, 3.63) is 33.3 Å². The molecule has 27 heavy (non-hydrogen) atoms. The summed E-state index contributed by atoms with van der Waals surface area (Å²) in [6, 6.07) is 3.87. The van der Waals surface area contributed by atoms with Crippen molar-refractivity contribution in [2.24, 2.45) is 0 Å². The Hall–Kier alpha value is -1.84. The van der Waals surface area contributed by atoms with Gasteiger partial charge in [0.25, 0.3) is 5.69 Å². The quantitative estimate of drug-likeness (QED) is 0.588. The molecule has 1 N–H and O–H groups in total. The van der Waals surface area contributed by atoms with Crippen LogP contribution in [0.3, 0.4) is 0 Å². The Morgan fingerprint density at radius 3 is 2.74 bits per heavy atom. The predicted molar refractivity (Wildman–Crippen MR) is 105 cm³/mol. The minimum Gasteiger partial charge on any atom is -0.340 e. The first-order valence-electron chi connectivity index (χ1n) is 8.80. The third-order valence-corrected chi connectivity index (χ3v) is 6.01. The number of carbonyl (C=O) groups is 2. The van der Waals surface area contributed by atoms with Gasteiger partial charge in [0.05, 0.1) is 17.5 Å². The Balaban J connectivity index is 1.60. The monoisotopic (exact) mass is 412 g/mol. The number of amides is 2. The van der Waals surface area contributed by atoms with Gasteiger partial charge in [0, 0.05) is 36.3 Å². The minimum atomic E-state index is -0.593. The Kier molecular flexibility index (Phi) is 6.56. The van der Waals surface area contributed by atoms with Crippen molar-refractivity contribution in [3.63, 3.8) is 0 Å². The highest BCUT2D eigenvalue weighted by atomic mass is 35.5. The van der Waals surface area contributed by atoms with E-state index in [0.717, 1.165) is 37.4 Å². The van der Waals surface area contributed by atoms with Gasteiger partial charge in [-0.3, -0.25) is 24.6 Å². The molecule has 2 saturated heterocycles. The van der Waals surface area contributed by atoms with E-state index in [1.807, 2.05) is 21.6 Å². The highest BCUT2D eigenvalue weighted by molar-refractivity contribution is 7.99. The number of hydrogen-bond donors (Lipinski definition) is 1. The van der Waals surface area contributed by atoms with Gasteiger partial charge < -0.3 is 10.2 Å². The molecule has 0 bridgehead atoms. The van der Waals surface area contributed by atoms with Crippen LogP contribution in [0.15, 0.2) is 18.2 Å². The number of nitrogens with zero attached hydrogens (tertiary/aromatic N) is 3.